The Morgan fingerprint density at radius 3 is 2.65 bits per heavy atom. The van der Waals surface area contributed by atoms with Gasteiger partial charge in [0.05, 0.1) is 12.1 Å². The first kappa shape index (κ1) is 24.0. The topological polar surface area (TPSA) is 116 Å². The molecule has 4 N–H and O–H groups in total. The first-order chi connectivity index (χ1) is 16.4. The van der Waals surface area contributed by atoms with E-state index in [1.165, 1.54) is 0 Å². The summed E-state index contributed by atoms with van der Waals surface area (Å²) in [4.78, 5) is 35.9. The molecule has 0 bridgehead atoms. The number of rotatable bonds is 9. The molecule has 2 heterocycles. The molecule has 2 fully saturated rings. The Morgan fingerprint density at radius 1 is 1.24 bits per heavy atom. The Kier molecular flexibility index (Phi) is 7.69. The molecule has 1 aromatic carbocycles. The van der Waals surface area contributed by atoms with Gasteiger partial charge in [0.1, 0.15) is 6.29 Å². The summed E-state index contributed by atoms with van der Waals surface area (Å²) in [7, 11) is 2.11. The van der Waals surface area contributed by atoms with E-state index in [0.717, 1.165) is 62.8 Å². The summed E-state index contributed by atoms with van der Waals surface area (Å²) in [5, 5.41) is 6.14. The number of halogens is 1. The van der Waals surface area contributed by atoms with Crippen LogP contribution in [0.5, 0.6) is 0 Å². The van der Waals surface area contributed by atoms with Crippen molar-refractivity contribution in [2.24, 2.45) is 11.7 Å². The highest BCUT2D eigenvalue weighted by Gasteiger charge is 2.32. The molecule has 1 saturated heterocycles. The predicted molar refractivity (Wildman–Crippen MR) is 128 cm³/mol. The Balaban J connectivity index is 1.44. The van der Waals surface area contributed by atoms with Crippen LogP contribution in [0.25, 0.3) is 0 Å². The van der Waals surface area contributed by atoms with Crippen LogP contribution in [0.1, 0.15) is 37.3 Å². The van der Waals surface area contributed by atoms with Crippen molar-refractivity contribution in [1.29, 1.82) is 0 Å². The molecule has 1 unspecified atom stereocenters. The van der Waals surface area contributed by atoms with E-state index in [2.05, 4.69) is 37.4 Å². The van der Waals surface area contributed by atoms with Crippen molar-refractivity contribution in [3.05, 3.63) is 41.8 Å². The molecule has 10 heteroatoms. The number of hydrogen-bond acceptors (Lipinski definition) is 8. The fourth-order valence-corrected chi connectivity index (χ4v) is 4.82. The van der Waals surface area contributed by atoms with E-state index in [9.17, 15) is 14.0 Å². The smallest absolute Gasteiger partial charge is 0.229 e. The number of nitrogens with zero attached hydrogens (tertiary/aromatic N) is 4. The van der Waals surface area contributed by atoms with Gasteiger partial charge in [0, 0.05) is 50.4 Å². The molecule has 1 amide bonds. The van der Waals surface area contributed by atoms with Gasteiger partial charge in [0.2, 0.25) is 11.9 Å². The highest BCUT2D eigenvalue weighted by molar-refractivity contribution is 5.78. The molecule has 0 radical (unpaired) electrons. The molecular weight excluding hydrogens is 437 g/mol. The Morgan fingerprint density at radius 2 is 1.97 bits per heavy atom. The van der Waals surface area contributed by atoms with E-state index in [1.54, 1.807) is 0 Å². The molecule has 4 rings (SSSR count). The first-order valence-corrected chi connectivity index (χ1v) is 11.8. The van der Waals surface area contributed by atoms with Crippen LogP contribution in [0.15, 0.2) is 30.5 Å². The molecule has 2 aliphatic rings. The third-order valence-electron chi connectivity index (χ3n) is 6.80. The lowest BCUT2D eigenvalue weighted by atomic mass is 10.0. The summed E-state index contributed by atoms with van der Waals surface area (Å²) in [5.41, 5.74) is 7.30. The van der Waals surface area contributed by atoms with Gasteiger partial charge in [0.25, 0.3) is 0 Å². The molecule has 3 atom stereocenters. The maximum Gasteiger partial charge on any atom is 0.229 e. The Labute approximate surface area is 198 Å². The number of nitrogens with two attached hydrogens (primary N) is 1. The quantitative estimate of drug-likeness (QED) is 0.479. The summed E-state index contributed by atoms with van der Waals surface area (Å²) >= 11 is 0. The van der Waals surface area contributed by atoms with Gasteiger partial charge in [-0.3, -0.25) is 9.69 Å². The highest BCUT2D eigenvalue weighted by Crippen LogP contribution is 2.30. The number of hydrogen-bond donors (Lipinski definition) is 3. The standard InChI is InChI=1S/C24H32FN7O2/c1-31-10-12-32(13-11-31)21(9-14-33)16-5-7-17(8-6-16)28-24-27-15-19(25)23(30-24)29-20-4-2-3-18(20)22(26)34/h5-8,14-15,18,20-21H,2-4,9-13H2,1H3,(H2,26,34)(H2,27,28,29,30)/t18-,20+,21?/m0/s1. The summed E-state index contributed by atoms with van der Waals surface area (Å²) in [5.74, 6) is -1.01. The van der Waals surface area contributed by atoms with Crippen molar-refractivity contribution in [2.45, 2.75) is 37.8 Å². The van der Waals surface area contributed by atoms with Crippen molar-refractivity contribution in [1.82, 2.24) is 19.8 Å². The van der Waals surface area contributed by atoms with E-state index >= 15 is 0 Å². The van der Waals surface area contributed by atoms with Gasteiger partial charge in [0.15, 0.2) is 11.6 Å². The molecule has 1 aliphatic carbocycles. The fourth-order valence-electron chi connectivity index (χ4n) is 4.82. The molecule has 1 saturated carbocycles. The number of amides is 1. The van der Waals surface area contributed by atoms with Gasteiger partial charge >= 0.3 is 0 Å². The van der Waals surface area contributed by atoms with Gasteiger partial charge in [-0.1, -0.05) is 18.6 Å². The number of benzene rings is 1. The van der Waals surface area contributed by atoms with Gasteiger partial charge in [-0.15, -0.1) is 0 Å². The molecule has 9 nitrogen and oxygen atoms in total. The molecular formula is C24H32FN7O2. The van der Waals surface area contributed by atoms with E-state index in [1.807, 2.05) is 24.3 Å². The number of primary amides is 1. The lowest BCUT2D eigenvalue weighted by Gasteiger charge is -2.37. The number of likely N-dealkylation sites (N-methyl/N-ethyl adjacent to an activating group) is 1. The van der Waals surface area contributed by atoms with Crippen molar-refractivity contribution in [3.8, 4) is 0 Å². The third-order valence-corrected chi connectivity index (χ3v) is 6.80. The number of aromatic nitrogens is 2. The minimum Gasteiger partial charge on any atom is -0.369 e. The van der Waals surface area contributed by atoms with Crippen molar-refractivity contribution < 1.29 is 14.0 Å². The number of carbonyl (C=O) groups excluding carboxylic acids is 2. The summed E-state index contributed by atoms with van der Waals surface area (Å²) in [6.45, 7) is 3.81. The summed E-state index contributed by atoms with van der Waals surface area (Å²) in [6, 6.07) is 7.61. The van der Waals surface area contributed by atoms with E-state index in [4.69, 9.17) is 5.73 Å². The van der Waals surface area contributed by atoms with Crippen LogP contribution in [0.3, 0.4) is 0 Å². The van der Waals surface area contributed by atoms with E-state index < -0.39 is 5.82 Å². The molecule has 1 aliphatic heterocycles. The zero-order chi connectivity index (χ0) is 24.1. The maximum atomic E-state index is 14.3. The average molecular weight is 470 g/mol. The van der Waals surface area contributed by atoms with Crippen molar-refractivity contribution in [2.75, 3.05) is 43.9 Å². The van der Waals surface area contributed by atoms with Crippen LogP contribution in [0.4, 0.5) is 21.8 Å². The van der Waals surface area contributed by atoms with Gasteiger partial charge in [-0.2, -0.15) is 4.98 Å². The molecule has 34 heavy (non-hydrogen) atoms. The normalized spacial score (nSPS) is 22.3. The lowest BCUT2D eigenvalue weighted by Crippen LogP contribution is -2.46. The Bertz CT molecular complexity index is 995. The number of nitrogens with one attached hydrogen (secondary N) is 2. The minimum atomic E-state index is -0.583. The van der Waals surface area contributed by atoms with Gasteiger partial charge in [-0.05, 0) is 37.6 Å². The van der Waals surface area contributed by atoms with Crippen LogP contribution in [0.2, 0.25) is 0 Å². The van der Waals surface area contributed by atoms with Gasteiger partial charge in [-0.25, -0.2) is 9.37 Å². The van der Waals surface area contributed by atoms with Gasteiger partial charge < -0.3 is 26.1 Å². The summed E-state index contributed by atoms with van der Waals surface area (Å²) in [6.07, 6.45) is 4.80. The minimum absolute atomic E-state index is 0.0442. The molecule has 2 aromatic rings. The third kappa shape index (κ3) is 5.68. The van der Waals surface area contributed by atoms with Crippen LogP contribution in [-0.4, -0.2) is 71.2 Å². The zero-order valence-corrected chi connectivity index (χ0v) is 19.4. The lowest BCUT2D eigenvalue weighted by molar-refractivity contribution is -0.121. The second-order valence-electron chi connectivity index (χ2n) is 9.09. The Hall–Kier alpha value is -3.11. The van der Waals surface area contributed by atoms with Crippen LogP contribution < -0.4 is 16.4 Å². The summed E-state index contributed by atoms with van der Waals surface area (Å²) < 4.78 is 14.3. The molecule has 0 spiro atoms. The van der Waals surface area contributed by atoms with E-state index in [0.29, 0.717) is 12.8 Å². The zero-order valence-electron chi connectivity index (χ0n) is 19.4. The maximum absolute atomic E-state index is 14.3. The second-order valence-corrected chi connectivity index (χ2v) is 9.09. The van der Waals surface area contributed by atoms with Crippen LogP contribution in [0, 0.1) is 11.7 Å². The molecule has 182 valence electrons. The number of anilines is 3. The average Bonchev–Trinajstić information content (AvgIpc) is 3.30. The highest BCUT2D eigenvalue weighted by atomic mass is 19.1. The number of aldehydes is 1. The number of carbonyl (C=O) groups is 2. The first-order valence-electron chi connectivity index (χ1n) is 11.8. The number of piperazine rings is 1. The fraction of sp³-hybridized carbons (Fsp3) is 0.500. The predicted octanol–water partition coefficient (Wildman–Crippen LogP) is 2.30. The van der Waals surface area contributed by atoms with Crippen LogP contribution in [-0.2, 0) is 9.59 Å². The SMILES string of the molecule is CN1CCN(C(CC=O)c2ccc(Nc3ncc(F)c(N[C@@H]4CCC[C@@H]4C(N)=O)n3)cc2)CC1. The van der Waals surface area contributed by atoms with E-state index in [-0.39, 0.29) is 35.7 Å². The monoisotopic (exact) mass is 469 g/mol. The van der Waals surface area contributed by atoms with Crippen molar-refractivity contribution in [3.63, 3.8) is 0 Å². The van der Waals surface area contributed by atoms with Crippen molar-refractivity contribution >= 4 is 29.6 Å². The van der Waals surface area contributed by atoms with Crippen LogP contribution >= 0.6 is 0 Å². The second kappa shape index (κ2) is 10.9. The molecule has 1 aromatic heterocycles. The largest absolute Gasteiger partial charge is 0.369 e.